The fourth-order valence-corrected chi connectivity index (χ4v) is 2.33. The molecule has 0 saturated heterocycles. The molecule has 0 aromatic heterocycles. The summed E-state index contributed by atoms with van der Waals surface area (Å²) in [4.78, 5) is 12.7. The molecule has 0 radical (unpaired) electrons. The largest absolute Gasteiger partial charge is 0.481 e. The van der Waals surface area contributed by atoms with E-state index in [1.165, 1.54) is 16.8 Å². The third-order valence-corrected chi connectivity index (χ3v) is 3.19. The summed E-state index contributed by atoms with van der Waals surface area (Å²) in [6.45, 7) is 1.07. The number of fused-ring (bicyclic) bond motifs is 1. The number of hydrogen-bond donors (Lipinski definition) is 1. The highest BCUT2D eigenvalue weighted by Gasteiger charge is 2.17. The van der Waals surface area contributed by atoms with Gasteiger partial charge in [0.15, 0.2) is 0 Å². The number of carboxylic acids is 1. The average molecular weight is 219 g/mol. The second-order valence-electron chi connectivity index (χ2n) is 4.33. The van der Waals surface area contributed by atoms with Gasteiger partial charge in [-0.3, -0.25) is 4.79 Å². The van der Waals surface area contributed by atoms with E-state index in [0.29, 0.717) is 0 Å². The Labute approximate surface area is 95.7 Å². The third kappa shape index (κ3) is 2.18. The van der Waals surface area contributed by atoms with Crippen molar-refractivity contribution in [3.8, 4) is 0 Å². The van der Waals surface area contributed by atoms with E-state index in [1.54, 1.807) is 0 Å². The maximum atomic E-state index is 10.5. The smallest absolute Gasteiger partial charge is 0.303 e. The lowest BCUT2D eigenvalue weighted by Crippen LogP contribution is -2.12. The van der Waals surface area contributed by atoms with Gasteiger partial charge in [0.2, 0.25) is 0 Å². The summed E-state index contributed by atoms with van der Waals surface area (Å²) >= 11 is 0. The molecular weight excluding hydrogens is 202 g/mol. The molecule has 0 bridgehead atoms. The van der Waals surface area contributed by atoms with E-state index >= 15 is 0 Å². The van der Waals surface area contributed by atoms with Crippen LogP contribution in [-0.2, 0) is 17.6 Å². The van der Waals surface area contributed by atoms with Crippen LogP contribution in [0, 0.1) is 0 Å². The molecule has 1 aromatic carbocycles. The number of carbonyl (C=O) groups is 1. The first-order chi connectivity index (χ1) is 7.68. The van der Waals surface area contributed by atoms with Crippen molar-refractivity contribution in [2.24, 2.45) is 0 Å². The zero-order chi connectivity index (χ0) is 11.5. The molecule has 1 aromatic rings. The van der Waals surface area contributed by atoms with Gasteiger partial charge in [-0.15, -0.1) is 0 Å². The highest BCUT2D eigenvalue weighted by atomic mass is 16.4. The minimum absolute atomic E-state index is 0.263. The molecule has 86 valence electrons. The molecular formula is C13H17NO2. The molecule has 0 fully saturated rings. The Bertz CT molecular complexity index is 401. The van der Waals surface area contributed by atoms with Crippen molar-refractivity contribution in [1.82, 2.24) is 0 Å². The lowest BCUT2D eigenvalue weighted by molar-refractivity contribution is -0.137. The first kappa shape index (κ1) is 11.0. The number of anilines is 1. The fourth-order valence-electron chi connectivity index (χ4n) is 2.33. The van der Waals surface area contributed by atoms with Crippen molar-refractivity contribution in [2.45, 2.75) is 25.7 Å². The standard InChI is InChI=1S/C13H17NO2/c1-14-9-8-11-10(4-2-6-12(11)14)5-3-7-13(15)16/h2,4,6H,3,5,7-9H2,1H3,(H,15,16). The van der Waals surface area contributed by atoms with Crippen LogP contribution in [-0.4, -0.2) is 24.7 Å². The number of nitrogens with zero attached hydrogens (tertiary/aromatic N) is 1. The Kier molecular flexibility index (Phi) is 3.13. The molecule has 3 heteroatoms. The van der Waals surface area contributed by atoms with Gasteiger partial charge in [0, 0.05) is 25.7 Å². The topological polar surface area (TPSA) is 40.5 Å². The van der Waals surface area contributed by atoms with E-state index in [4.69, 9.17) is 5.11 Å². The van der Waals surface area contributed by atoms with E-state index < -0.39 is 5.97 Å². The van der Waals surface area contributed by atoms with Crippen LogP contribution < -0.4 is 4.90 Å². The number of likely N-dealkylation sites (N-methyl/N-ethyl adjacent to an activating group) is 1. The second-order valence-corrected chi connectivity index (χ2v) is 4.33. The quantitative estimate of drug-likeness (QED) is 0.843. The maximum absolute atomic E-state index is 10.5. The fraction of sp³-hybridized carbons (Fsp3) is 0.462. The Morgan fingerprint density at radius 1 is 1.50 bits per heavy atom. The van der Waals surface area contributed by atoms with Crippen molar-refractivity contribution in [3.63, 3.8) is 0 Å². The highest BCUT2D eigenvalue weighted by molar-refractivity contribution is 5.66. The van der Waals surface area contributed by atoms with Crippen LogP contribution in [0.4, 0.5) is 5.69 Å². The van der Waals surface area contributed by atoms with Gasteiger partial charge >= 0.3 is 5.97 Å². The summed E-state index contributed by atoms with van der Waals surface area (Å²) in [7, 11) is 2.10. The number of benzene rings is 1. The Hall–Kier alpha value is -1.51. The molecule has 0 atom stereocenters. The predicted molar refractivity (Wildman–Crippen MR) is 64.0 cm³/mol. The number of aliphatic carboxylic acids is 1. The monoisotopic (exact) mass is 219 g/mol. The molecule has 1 aliphatic rings. The molecule has 3 nitrogen and oxygen atoms in total. The van der Waals surface area contributed by atoms with Crippen LogP contribution in [0.3, 0.4) is 0 Å². The normalized spacial score (nSPS) is 13.9. The zero-order valence-corrected chi connectivity index (χ0v) is 9.57. The average Bonchev–Trinajstić information content (AvgIpc) is 2.61. The van der Waals surface area contributed by atoms with Crippen molar-refractivity contribution >= 4 is 11.7 Å². The summed E-state index contributed by atoms with van der Waals surface area (Å²) in [5.41, 5.74) is 4.05. The van der Waals surface area contributed by atoms with Crippen molar-refractivity contribution in [2.75, 3.05) is 18.5 Å². The summed E-state index contributed by atoms with van der Waals surface area (Å²) in [5, 5.41) is 8.62. The van der Waals surface area contributed by atoms with E-state index in [-0.39, 0.29) is 6.42 Å². The first-order valence-corrected chi connectivity index (χ1v) is 5.72. The minimum atomic E-state index is -0.704. The minimum Gasteiger partial charge on any atom is -0.481 e. The molecule has 1 N–H and O–H groups in total. The highest BCUT2D eigenvalue weighted by Crippen LogP contribution is 2.30. The molecule has 0 aliphatic carbocycles. The van der Waals surface area contributed by atoms with E-state index in [2.05, 4.69) is 30.1 Å². The van der Waals surface area contributed by atoms with Crippen LogP contribution in [0.1, 0.15) is 24.0 Å². The van der Waals surface area contributed by atoms with Gasteiger partial charge in [-0.25, -0.2) is 0 Å². The Morgan fingerprint density at radius 3 is 3.06 bits per heavy atom. The van der Waals surface area contributed by atoms with Crippen LogP contribution in [0.2, 0.25) is 0 Å². The summed E-state index contributed by atoms with van der Waals surface area (Å²) < 4.78 is 0. The van der Waals surface area contributed by atoms with Gasteiger partial charge < -0.3 is 10.0 Å². The molecule has 0 amide bonds. The SMILES string of the molecule is CN1CCc2c(CCCC(=O)O)cccc21. The lowest BCUT2D eigenvalue weighted by Gasteiger charge is -2.12. The van der Waals surface area contributed by atoms with E-state index in [0.717, 1.165) is 25.8 Å². The van der Waals surface area contributed by atoms with Gasteiger partial charge in [-0.05, 0) is 36.5 Å². The van der Waals surface area contributed by atoms with Gasteiger partial charge in [-0.2, -0.15) is 0 Å². The van der Waals surface area contributed by atoms with Gasteiger partial charge in [0.25, 0.3) is 0 Å². The van der Waals surface area contributed by atoms with Gasteiger partial charge in [0.05, 0.1) is 0 Å². The second kappa shape index (κ2) is 4.56. The molecule has 16 heavy (non-hydrogen) atoms. The number of rotatable bonds is 4. The molecule has 0 saturated carbocycles. The summed E-state index contributed by atoms with van der Waals surface area (Å²) in [6.07, 6.45) is 2.97. The molecule has 1 aliphatic heterocycles. The van der Waals surface area contributed by atoms with Crippen LogP contribution in [0.15, 0.2) is 18.2 Å². The van der Waals surface area contributed by atoms with Crippen molar-refractivity contribution < 1.29 is 9.90 Å². The first-order valence-electron chi connectivity index (χ1n) is 5.72. The third-order valence-electron chi connectivity index (χ3n) is 3.19. The van der Waals surface area contributed by atoms with Crippen molar-refractivity contribution in [1.29, 1.82) is 0 Å². The molecule has 0 spiro atoms. The van der Waals surface area contributed by atoms with Gasteiger partial charge in [-0.1, -0.05) is 12.1 Å². The van der Waals surface area contributed by atoms with Gasteiger partial charge in [0.1, 0.15) is 0 Å². The molecule has 1 heterocycles. The van der Waals surface area contributed by atoms with E-state index in [9.17, 15) is 4.79 Å². The zero-order valence-electron chi connectivity index (χ0n) is 9.57. The van der Waals surface area contributed by atoms with Crippen molar-refractivity contribution in [3.05, 3.63) is 29.3 Å². The predicted octanol–water partition coefficient (Wildman–Crippen LogP) is 2.09. The van der Waals surface area contributed by atoms with Crippen LogP contribution >= 0.6 is 0 Å². The van der Waals surface area contributed by atoms with Crippen LogP contribution in [0.5, 0.6) is 0 Å². The Morgan fingerprint density at radius 2 is 2.31 bits per heavy atom. The molecule has 2 rings (SSSR count). The summed E-state index contributed by atoms with van der Waals surface area (Å²) in [5.74, 6) is -0.704. The maximum Gasteiger partial charge on any atom is 0.303 e. The molecule has 0 unspecified atom stereocenters. The lowest BCUT2D eigenvalue weighted by atomic mass is 10.00. The summed E-state index contributed by atoms with van der Waals surface area (Å²) in [6, 6.07) is 6.33. The number of hydrogen-bond acceptors (Lipinski definition) is 2. The Balaban J connectivity index is 2.08. The van der Waals surface area contributed by atoms with Crippen LogP contribution in [0.25, 0.3) is 0 Å². The number of aryl methyl sites for hydroxylation is 1. The number of carboxylic acid groups (broad SMARTS) is 1. The van der Waals surface area contributed by atoms with E-state index in [1.807, 2.05) is 0 Å².